The minimum atomic E-state index is -0.480. The molecule has 0 N–H and O–H groups in total. The van der Waals surface area contributed by atoms with Crippen LogP contribution >= 0.6 is 15.9 Å². The summed E-state index contributed by atoms with van der Waals surface area (Å²) in [5.74, 6) is 0.723. The number of methoxy groups -OCH3 is 2. The van der Waals surface area contributed by atoms with E-state index in [2.05, 4.69) is 22.9 Å². The van der Waals surface area contributed by atoms with Crippen LogP contribution in [0.25, 0.3) is 0 Å². The lowest BCUT2D eigenvalue weighted by Crippen LogP contribution is -2.14. The Kier molecular flexibility index (Phi) is 8.16. The molecule has 23 heavy (non-hydrogen) atoms. The van der Waals surface area contributed by atoms with Crippen LogP contribution in [0.1, 0.15) is 46.0 Å². The third-order valence-corrected chi connectivity index (χ3v) is 4.10. The highest BCUT2D eigenvalue weighted by molar-refractivity contribution is 9.10. The predicted octanol–water partition coefficient (Wildman–Crippen LogP) is 5.11. The molecule has 130 valence electrons. The summed E-state index contributed by atoms with van der Waals surface area (Å²) in [5, 5.41) is 11.3. The average Bonchev–Trinajstić information content (AvgIpc) is 2.52. The molecular weight excluding hydrogens is 366 g/mol. The molecule has 0 aromatic heterocycles. The fourth-order valence-corrected chi connectivity index (χ4v) is 2.88. The van der Waals surface area contributed by atoms with Gasteiger partial charge in [0.1, 0.15) is 0 Å². The van der Waals surface area contributed by atoms with Gasteiger partial charge in [0.15, 0.2) is 5.75 Å². The van der Waals surface area contributed by atoms with Crippen molar-refractivity contribution >= 4 is 21.6 Å². The Bertz CT molecular complexity index is 536. The lowest BCUT2D eigenvalue weighted by Gasteiger charge is -2.19. The van der Waals surface area contributed by atoms with E-state index in [1.165, 1.54) is 33.1 Å². The molecule has 0 radical (unpaired) electrons. The van der Waals surface area contributed by atoms with Gasteiger partial charge in [-0.05, 0) is 35.7 Å². The first-order valence-corrected chi connectivity index (χ1v) is 8.51. The standard InChI is InChI=1S/C16H24BrNO5/c1-5-6-7-8-9-11(2)23-15-13(18(19)20)10-12(17)14(21-3)16(15)22-4/h10-11H,5-9H2,1-4H3/t11-/m1/s1. The van der Waals surface area contributed by atoms with Crippen LogP contribution in [0.2, 0.25) is 0 Å². The number of nitro groups is 1. The van der Waals surface area contributed by atoms with Crippen molar-refractivity contribution in [2.75, 3.05) is 14.2 Å². The number of nitrogens with zero attached hydrogens (tertiary/aromatic N) is 1. The third kappa shape index (κ3) is 5.27. The number of hydrogen-bond donors (Lipinski definition) is 0. The van der Waals surface area contributed by atoms with Crippen LogP contribution in [0.5, 0.6) is 17.2 Å². The Hall–Kier alpha value is -1.50. The number of benzene rings is 1. The molecule has 0 unspecified atom stereocenters. The van der Waals surface area contributed by atoms with E-state index in [4.69, 9.17) is 14.2 Å². The first kappa shape index (κ1) is 19.5. The molecule has 0 aliphatic heterocycles. The molecule has 0 saturated heterocycles. The second-order valence-corrected chi connectivity index (χ2v) is 6.16. The van der Waals surface area contributed by atoms with Gasteiger partial charge < -0.3 is 14.2 Å². The molecule has 1 aromatic carbocycles. The normalized spacial score (nSPS) is 11.9. The summed E-state index contributed by atoms with van der Waals surface area (Å²) in [6.45, 7) is 4.06. The summed E-state index contributed by atoms with van der Waals surface area (Å²) in [6.07, 6.45) is 5.19. The van der Waals surface area contributed by atoms with E-state index < -0.39 is 4.92 Å². The summed E-state index contributed by atoms with van der Waals surface area (Å²) in [7, 11) is 2.92. The molecule has 1 atom stereocenters. The Morgan fingerprint density at radius 2 is 1.83 bits per heavy atom. The van der Waals surface area contributed by atoms with Crippen LogP contribution in [0.4, 0.5) is 5.69 Å². The molecule has 6 nitrogen and oxygen atoms in total. The van der Waals surface area contributed by atoms with Gasteiger partial charge in [0.2, 0.25) is 11.5 Å². The predicted molar refractivity (Wildman–Crippen MR) is 92.7 cm³/mol. The molecule has 0 aliphatic carbocycles. The maximum Gasteiger partial charge on any atom is 0.316 e. The van der Waals surface area contributed by atoms with Gasteiger partial charge in [0.05, 0.1) is 29.7 Å². The van der Waals surface area contributed by atoms with Crippen molar-refractivity contribution in [3.8, 4) is 17.2 Å². The smallest absolute Gasteiger partial charge is 0.316 e. The van der Waals surface area contributed by atoms with E-state index in [1.807, 2.05) is 6.92 Å². The minimum absolute atomic E-state index is 0.112. The number of hydrogen-bond acceptors (Lipinski definition) is 5. The van der Waals surface area contributed by atoms with Crippen LogP contribution in [0.3, 0.4) is 0 Å². The number of halogens is 1. The first-order chi connectivity index (χ1) is 11.0. The maximum atomic E-state index is 11.3. The molecule has 0 heterocycles. The topological polar surface area (TPSA) is 70.8 Å². The summed E-state index contributed by atoms with van der Waals surface area (Å²) < 4.78 is 16.9. The summed E-state index contributed by atoms with van der Waals surface area (Å²) in [6, 6.07) is 1.38. The number of unbranched alkanes of at least 4 members (excludes halogenated alkanes) is 3. The van der Waals surface area contributed by atoms with Gasteiger partial charge in [-0.3, -0.25) is 10.1 Å². The number of ether oxygens (including phenoxy) is 3. The zero-order valence-electron chi connectivity index (χ0n) is 14.1. The van der Waals surface area contributed by atoms with Crippen molar-refractivity contribution in [2.24, 2.45) is 0 Å². The van der Waals surface area contributed by atoms with Crippen molar-refractivity contribution < 1.29 is 19.1 Å². The van der Waals surface area contributed by atoms with Crippen molar-refractivity contribution in [1.82, 2.24) is 0 Å². The Morgan fingerprint density at radius 3 is 2.35 bits per heavy atom. The monoisotopic (exact) mass is 389 g/mol. The highest BCUT2D eigenvalue weighted by Crippen LogP contribution is 2.48. The van der Waals surface area contributed by atoms with Crippen molar-refractivity contribution in [2.45, 2.75) is 52.1 Å². The second-order valence-electron chi connectivity index (χ2n) is 5.31. The van der Waals surface area contributed by atoms with E-state index in [-0.39, 0.29) is 23.3 Å². The minimum Gasteiger partial charge on any atom is -0.492 e. The van der Waals surface area contributed by atoms with Gasteiger partial charge in [0.25, 0.3) is 0 Å². The van der Waals surface area contributed by atoms with Crippen LogP contribution in [0, 0.1) is 10.1 Å². The summed E-state index contributed by atoms with van der Waals surface area (Å²) in [5.41, 5.74) is -0.144. The molecule has 1 aromatic rings. The molecule has 0 aliphatic rings. The molecular formula is C16H24BrNO5. The van der Waals surface area contributed by atoms with Crippen LogP contribution in [0.15, 0.2) is 10.5 Å². The molecule has 0 bridgehead atoms. The van der Waals surface area contributed by atoms with E-state index in [1.54, 1.807) is 0 Å². The second kappa shape index (κ2) is 9.60. The molecule has 7 heteroatoms. The third-order valence-electron chi connectivity index (χ3n) is 3.51. The fraction of sp³-hybridized carbons (Fsp3) is 0.625. The number of rotatable bonds is 10. The van der Waals surface area contributed by atoms with Crippen LogP contribution < -0.4 is 14.2 Å². The lowest BCUT2D eigenvalue weighted by molar-refractivity contribution is -0.386. The van der Waals surface area contributed by atoms with Crippen LogP contribution in [-0.2, 0) is 0 Å². The van der Waals surface area contributed by atoms with Crippen molar-refractivity contribution in [1.29, 1.82) is 0 Å². The van der Waals surface area contributed by atoms with Gasteiger partial charge in [-0.2, -0.15) is 0 Å². The number of nitro benzene ring substituents is 1. The van der Waals surface area contributed by atoms with Gasteiger partial charge in [-0.15, -0.1) is 0 Å². The van der Waals surface area contributed by atoms with Gasteiger partial charge in [-0.1, -0.05) is 26.2 Å². The summed E-state index contributed by atoms with van der Waals surface area (Å²) >= 11 is 3.26. The van der Waals surface area contributed by atoms with Gasteiger partial charge in [0, 0.05) is 6.07 Å². The Balaban J connectivity index is 3.04. The van der Waals surface area contributed by atoms with E-state index in [0.717, 1.165) is 19.3 Å². The van der Waals surface area contributed by atoms with E-state index >= 15 is 0 Å². The highest BCUT2D eigenvalue weighted by atomic mass is 79.9. The lowest BCUT2D eigenvalue weighted by atomic mass is 10.1. The van der Waals surface area contributed by atoms with Crippen molar-refractivity contribution in [3.05, 3.63) is 20.7 Å². The quantitative estimate of drug-likeness (QED) is 0.315. The Labute approximate surface area is 145 Å². The SMILES string of the molecule is CCCCCC[C@@H](C)Oc1c([N+](=O)[O-])cc(Br)c(OC)c1OC. The molecule has 0 fully saturated rings. The highest BCUT2D eigenvalue weighted by Gasteiger charge is 2.28. The molecule has 1 rings (SSSR count). The van der Waals surface area contributed by atoms with Crippen molar-refractivity contribution in [3.63, 3.8) is 0 Å². The van der Waals surface area contributed by atoms with E-state index in [9.17, 15) is 10.1 Å². The largest absolute Gasteiger partial charge is 0.492 e. The fourth-order valence-electron chi connectivity index (χ4n) is 2.32. The zero-order valence-corrected chi connectivity index (χ0v) is 15.6. The maximum absolute atomic E-state index is 11.3. The zero-order chi connectivity index (χ0) is 17.4. The van der Waals surface area contributed by atoms with Gasteiger partial charge >= 0.3 is 5.69 Å². The molecule has 0 amide bonds. The molecule has 0 saturated carbocycles. The molecule has 0 spiro atoms. The van der Waals surface area contributed by atoms with Crippen LogP contribution in [-0.4, -0.2) is 25.2 Å². The first-order valence-electron chi connectivity index (χ1n) is 7.71. The van der Waals surface area contributed by atoms with Gasteiger partial charge in [-0.25, -0.2) is 0 Å². The van der Waals surface area contributed by atoms with E-state index in [0.29, 0.717) is 10.2 Å². The summed E-state index contributed by atoms with van der Waals surface area (Å²) in [4.78, 5) is 10.9. The Morgan fingerprint density at radius 1 is 1.17 bits per heavy atom. The average molecular weight is 390 g/mol.